The van der Waals surface area contributed by atoms with Gasteiger partial charge >= 0.3 is 11.9 Å². The molecular formula is C27H26Br2O8. The monoisotopic (exact) mass is 636 g/mol. The minimum atomic E-state index is -1.12. The van der Waals surface area contributed by atoms with Gasteiger partial charge in [-0.1, -0.05) is 7.43 Å². The van der Waals surface area contributed by atoms with Crippen LogP contribution in [-0.2, 0) is 0 Å². The number of rotatable bonds is 4. The first kappa shape index (κ1) is 31.5. The van der Waals surface area contributed by atoms with Gasteiger partial charge in [0.25, 0.3) is 0 Å². The fraction of sp³-hybridized carbons (Fsp3) is 0.185. The van der Waals surface area contributed by atoms with E-state index in [2.05, 4.69) is 28.3 Å². The number of carbonyl (C=O) groups is 4. The number of methoxy groups -OCH3 is 2. The van der Waals surface area contributed by atoms with Crippen LogP contribution in [0.5, 0.6) is 11.5 Å². The van der Waals surface area contributed by atoms with Gasteiger partial charge in [0.15, 0.2) is 11.6 Å². The highest BCUT2D eigenvalue weighted by molar-refractivity contribution is 9.93. The van der Waals surface area contributed by atoms with Gasteiger partial charge < -0.3 is 19.7 Å². The standard InChI is InChI=1S/C14H14O4.C12H8O4.CH4.Br2/c1-8-6-12(17-2)11-7-9(14(15)16)4-5-10(11)13(8)18-3;1-6-4-10(13)9-5-7(12(15)16)2-3-8(9)11(6)14;;1-2/h4-7H,1-3H3,(H,15,16);2-5H,1H3,(H,15,16);1H4;. The third kappa shape index (κ3) is 6.84. The number of Topliss-reactive ketones (excluding diaryl/α,β-unsaturated/α-hetero) is 1. The van der Waals surface area contributed by atoms with E-state index >= 15 is 0 Å². The van der Waals surface area contributed by atoms with Crippen molar-refractivity contribution < 1.29 is 38.9 Å². The minimum Gasteiger partial charge on any atom is -0.496 e. The van der Waals surface area contributed by atoms with Crippen LogP contribution >= 0.6 is 28.3 Å². The summed E-state index contributed by atoms with van der Waals surface area (Å²) in [6.07, 6.45) is 1.23. The molecular weight excluding hydrogens is 612 g/mol. The number of fused-ring (bicyclic) bond motifs is 2. The van der Waals surface area contributed by atoms with Gasteiger partial charge in [-0.05, 0) is 68.0 Å². The van der Waals surface area contributed by atoms with Crippen molar-refractivity contribution >= 4 is 62.5 Å². The zero-order chi connectivity index (χ0) is 27.2. The van der Waals surface area contributed by atoms with Crippen LogP contribution in [0.3, 0.4) is 0 Å². The molecule has 1 aliphatic rings. The first-order valence-corrected chi connectivity index (χ1v) is 14.0. The number of benzene rings is 3. The molecule has 0 heterocycles. The van der Waals surface area contributed by atoms with Crippen LogP contribution in [0.15, 0.2) is 54.1 Å². The molecule has 196 valence electrons. The first-order valence-electron chi connectivity index (χ1n) is 10.3. The van der Waals surface area contributed by atoms with E-state index in [0.717, 1.165) is 22.1 Å². The van der Waals surface area contributed by atoms with Crippen molar-refractivity contribution in [1.29, 1.82) is 0 Å². The lowest BCUT2D eigenvalue weighted by atomic mass is 9.89. The highest BCUT2D eigenvalue weighted by atomic mass is 80.9. The molecule has 0 bridgehead atoms. The van der Waals surface area contributed by atoms with Gasteiger partial charge in [-0.3, -0.25) is 9.59 Å². The van der Waals surface area contributed by atoms with Crippen molar-refractivity contribution in [2.75, 3.05) is 14.2 Å². The zero-order valence-electron chi connectivity index (χ0n) is 19.7. The molecule has 0 aliphatic heterocycles. The van der Waals surface area contributed by atoms with Gasteiger partial charge in [0, 0.05) is 55.7 Å². The van der Waals surface area contributed by atoms with E-state index < -0.39 is 11.9 Å². The molecule has 8 nitrogen and oxygen atoms in total. The summed E-state index contributed by atoms with van der Waals surface area (Å²) in [4.78, 5) is 45.0. The smallest absolute Gasteiger partial charge is 0.335 e. The number of carboxylic acid groups (broad SMARTS) is 2. The Hall–Kier alpha value is -3.50. The Balaban J connectivity index is 0.000000340. The van der Waals surface area contributed by atoms with Crippen LogP contribution in [0, 0.1) is 6.92 Å². The number of carbonyl (C=O) groups excluding carboxylic acids is 2. The molecule has 1 aliphatic carbocycles. The minimum absolute atomic E-state index is 0. The second kappa shape index (κ2) is 13.7. The van der Waals surface area contributed by atoms with Gasteiger partial charge in [0.1, 0.15) is 11.5 Å². The molecule has 37 heavy (non-hydrogen) atoms. The fourth-order valence-electron chi connectivity index (χ4n) is 3.70. The van der Waals surface area contributed by atoms with Crippen molar-refractivity contribution in [1.82, 2.24) is 0 Å². The van der Waals surface area contributed by atoms with E-state index in [-0.39, 0.29) is 41.2 Å². The average molecular weight is 638 g/mol. The Bertz CT molecular complexity index is 1390. The van der Waals surface area contributed by atoms with Crippen LogP contribution in [0.2, 0.25) is 0 Å². The zero-order valence-corrected chi connectivity index (χ0v) is 22.9. The second-order valence-corrected chi connectivity index (χ2v) is 7.58. The molecule has 0 saturated heterocycles. The Kier molecular flexibility index (Phi) is 11.7. The third-order valence-corrected chi connectivity index (χ3v) is 5.39. The molecule has 0 unspecified atom stereocenters. The molecule has 0 fully saturated rings. The van der Waals surface area contributed by atoms with Crippen molar-refractivity contribution in [3.63, 3.8) is 0 Å². The van der Waals surface area contributed by atoms with E-state index in [1.165, 1.54) is 24.3 Å². The highest BCUT2D eigenvalue weighted by Gasteiger charge is 2.24. The molecule has 4 rings (SSSR count). The molecule has 0 amide bonds. The molecule has 0 spiro atoms. The number of hydrogen-bond donors (Lipinski definition) is 2. The Labute approximate surface area is 229 Å². The van der Waals surface area contributed by atoms with Crippen molar-refractivity contribution in [2.24, 2.45) is 0 Å². The number of carboxylic acids is 2. The number of ether oxygens (including phenoxy) is 2. The predicted molar refractivity (Wildman–Crippen MR) is 149 cm³/mol. The van der Waals surface area contributed by atoms with E-state index in [1.807, 2.05) is 13.0 Å². The largest absolute Gasteiger partial charge is 0.496 e. The number of allylic oxidation sites excluding steroid dienone is 2. The molecule has 3 aromatic rings. The third-order valence-electron chi connectivity index (χ3n) is 5.39. The number of hydrogen-bond acceptors (Lipinski definition) is 6. The normalized spacial score (nSPS) is 11.5. The lowest BCUT2D eigenvalue weighted by molar-refractivity contribution is 0.0686. The summed E-state index contributed by atoms with van der Waals surface area (Å²) < 4.78 is 10.6. The Morgan fingerprint density at radius 2 is 1.35 bits per heavy atom. The fourth-order valence-corrected chi connectivity index (χ4v) is 3.70. The molecule has 10 heteroatoms. The van der Waals surface area contributed by atoms with Gasteiger partial charge in [0.2, 0.25) is 0 Å². The average Bonchev–Trinajstić information content (AvgIpc) is 2.87. The second-order valence-electron chi connectivity index (χ2n) is 7.58. The summed E-state index contributed by atoms with van der Waals surface area (Å²) in [6, 6.07) is 10.7. The first-order chi connectivity index (χ1) is 17.1. The maximum absolute atomic E-state index is 11.7. The van der Waals surface area contributed by atoms with Crippen LogP contribution in [0.4, 0.5) is 0 Å². The van der Waals surface area contributed by atoms with Crippen molar-refractivity contribution in [2.45, 2.75) is 21.3 Å². The quantitative estimate of drug-likeness (QED) is 0.316. The van der Waals surface area contributed by atoms with E-state index in [1.54, 1.807) is 39.3 Å². The van der Waals surface area contributed by atoms with E-state index in [9.17, 15) is 19.2 Å². The highest BCUT2D eigenvalue weighted by Crippen LogP contribution is 2.36. The Morgan fingerprint density at radius 3 is 1.89 bits per heavy atom. The number of aromatic carboxylic acids is 2. The number of halogens is 2. The van der Waals surface area contributed by atoms with Gasteiger partial charge in [-0.2, -0.15) is 0 Å². The Morgan fingerprint density at radius 1 is 0.784 bits per heavy atom. The summed E-state index contributed by atoms with van der Waals surface area (Å²) in [7, 11) is 3.16. The van der Waals surface area contributed by atoms with Crippen molar-refractivity contribution in [3.05, 3.63) is 81.9 Å². The molecule has 0 atom stereocenters. The molecule has 3 aromatic carbocycles. The van der Waals surface area contributed by atoms with Crippen LogP contribution < -0.4 is 9.47 Å². The van der Waals surface area contributed by atoms with Gasteiger partial charge in [-0.25, -0.2) is 9.59 Å². The molecule has 0 radical (unpaired) electrons. The summed E-state index contributed by atoms with van der Waals surface area (Å²) in [5, 5.41) is 19.4. The van der Waals surface area contributed by atoms with Gasteiger partial charge in [0.05, 0.1) is 25.3 Å². The molecule has 0 aromatic heterocycles. The molecule has 0 saturated carbocycles. The lowest BCUT2D eigenvalue weighted by Gasteiger charge is -2.13. The van der Waals surface area contributed by atoms with Crippen molar-refractivity contribution in [3.8, 4) is 11.5 Å². The topological polar surface area (TPSA) is 127 Å². The van der Waals surface area contributed by atoms with Crippen LogP contribution in [0.1, 0.15) is 61.3 Å². The predicted octanol–water partition coefficient (Wildman–Crippen LogP) is 6.90. The summed E-state index contributed by atoms with van der Waals surface area (Å²) in [5.41, 5.74) is 2.00. The van der Waals surface area contributed by atoms with Gasteiger partial charge in [-0.15, -0.1) is 0 Å². The van der Waals surface area contributed by atoms with Crippen LogP contribution in [0.25, 0.3) is 10.8 Å². The summed E-state index contributed by atoms with van der Waals surface area (Å²) >= 11 is 5.50. The maximum Gasteiger partial charge on any atom is 0.335 e. The maximum atomic E-state index is 11.7. The number of ketones is 2. The lowest BCUT2D eigenvalue weighted by Crippen LogP contribution is -2.16. The number of aryl methyl sites for hydroxylation is 1. The summed E-state index contributed by atoms with van der Waals surface area (Å²) in [5.74, 6) is -1.25. The van der Waals surface area contributed by atoms with E-state index in [0.29, 0.717) is 11.3 Å². The van der Waals surface area contributed by atoms with E-state index in [4.69, 9.17) is 19.7 Å². The van der Waals surface area contributed by atoms with Crippen LogP contribution in [-0.4, -0.2) is 47.9 Å². The summed E-state index contributed by atoms with van der Waals surface area (Å²) in [6.45, 7) is 3.49. The molecule has 2 N–H and O–H groups in total. The SMILES string of the molecule is BrBr.C.CC1=CC(=O)c2cc(C(=O)O)ccc2C1=O.COc1cc(C)c(OC)c2ccc(C(=O)O)cc12.